The van der Waals surface area contributed by atoms with Crippen LogP contribution in [-0.2, 0) is 4.74 Å². The van der Waals surface area contributed by atoms with E-state index in [9.17, 15) is 9.59 Å². The van der Waals surface area contributed by atoms with Crippen molar-refractivity contribution >= 4 is 12.0 Å². The number of alkyl carbamates (subject to hydrolysis) is 1. The molecule has 1 aliphatic heterocycles. The van der Waals surface area contributed by atoms with Gasteiger partial charge in [0.05, 0.1) is 13.2 Å². The highest BCUT2D eigenvalue weighted by Gasteiger charge is 2.25. The number of benzene rings is 1. The Morgan fingerprint density at radius 1 is 1.20 bits per heavy atom. The summed E-state index contributed by atoms with van der Waals surface area (Å²) in [6.45, 7) is 8.20. The maximum atomic E-state index is 12.5. The minimum absolute atomic E-state index is 0.0175. The average Bonchev–Trinajstić information content (AvgIpc) is 2.61. The van der Waals surface area contributed by atoms with E-state index in [-0.39, 0.29) is 18.0 Å². The van der Waals surface area contributed by atoms with Gasteiger partial charge in [-0.15, -0.1) is 0 Å². The van der Waals surface area contributed by atoms with Crippen LogP contribution in [0, 0.1) is 5.92 Å². The molecule has 0 saturated carbocycles. The highest BCUT2D eigenvalue weighted by atomic mass is 16.5. The van der Waals surface area contributed by atoms with E-state index in [2.05, 4.69) is 5.32 Å². The Morgan fingerprint density at radius 3 is 2.40 bits per heavy atom. The molecule has 25 heavy (non-hydrogen) atoms. The molecule has 0 aliphatic carbocycles. The second kappa shape index (κ2) is 9.30. The number of hydrogen-bond donors (Lipinski definition) is 1. The molecule has 1 aromatic carbocycles. The molecule has 0 radical (unpaired) electrons. The van der Waals surface area contributed by atoms with Gasteiger partial charge in [-0.05, 0) is 49.9 Å². The van der Waals surface area contributed by atoms with Gasteiger partial charge in [0, 0.05) is 24.7 Å². The zero-order chi connectivity index (χ0) is 18.2. The third-order valence-electron chi connectivity index (χ3n) is 4.06. The number of ether oxygens (including phenoxy) is 2. The van der Waals surface area contributed by atoms with E-state index in [1.165, 1.54) is 0 Å². The van der Waals surface area contributed by atoms with Gasteiger partial charge in [0.1, 0.15) is 5.75 Å². The molecule has 1 saturated heterocycles. The molecule has 1 aromatic rings. The normalized spacial score (nSPS) is 15.1. The lowest BCUT2D eigenvalue weighted by molar-refractivity contribution is 0.0700. The Bertz CT molecular complexity index is 563. The van der Waals surface area contributed by atoms with E-state index >= 15 is 0 Å². The first-order valence-corrected chi connectivity index (χ1v) is 8.95. The average molecular weight is 348 g/mol. The van der Waals surface area contributed by atoms with E-state index in [0.717, 1.165) is 18.6 Å². The molecule has 1 aliphatic rings. The largest absolute Gasteiger partial charge is 0.494 e. The summed E-state index contributed by atoms with van der Waals surface area (Å²) in [6.07, 6.45) is 1.10. The molecule has 0 atom stereocenters. The van der Waals surface area contributed by atoms with Gasteiger partial charge in [-0.1, -0.05) is 13.8 Å². The van der Waals surface area contributed by atoms with Crippen LogP contribution >= 0.6 is 0 Å². The fraction of sp³-hybridized carbons (Fsp3) is 0.579. The molecule has 0 bridgehead atoms. The number of amides is 2. The number of rotatable bonds is 6. The third-order valence-corrected chi connectivity index (χ3v) is 4.06. The fourth-order valence-electron chi connectivity index (χ4n) is 2.72. The zero-order valence-corrected chi connectivity index (χ0v) is 15.3. The van der Waals surface area contributed by atoms with Gasteiger partial charge < -0.3 is 19.7 Å². The van der Waals surface area contributed by atoms with E-state index < -0.39 is 0 Å². The van der Waals surface area contributed by atoms with Crippen LogP contribution in [0.15, 0.2) is 24.3 Å². The number of nitrogens with one attached hydrogen (secondary N) is 1. The molecule has 0 aromatic heterocycles. The number of carbonyl (C=O) groups excluding carboxylic acids is 2. The standard InChI is InChI=1S/C19H28N2O4/c1-4-24-17-7-5-15(6-8-17)18(22)21-11-9-16(10-12-21)20-19(23)25-13-14(2)3/h5-8,14,16H,4,9-13H2,1-3H3,(H,20,23). The number of hydrogen-bond acceptors (Lipinski definition) is 4. The van der Waals surface area contributed by atoms with Crippen molar-refractivity contribution in [2.45, 2.75) is 39.7 Å². The maximum absolute atomic E-state index is 12.5. The van der Waals surface area contributed by atoms with Crippen LogP contribution < -0.4 is 10.1 Å². The molecular formula is C19H28N2O4. The Morgan fingerprint density at radius 2 is 1.84 bits per heavy atom. The molecule has 6 heteroatoms. The van der Waals surface area contributed by atoms with E-state index in [4.69, 9.17) is 9.47 Å². The van der Waals surface area contributed by atoms with Crippen LogP contribution in [0.5, 0.6) is 5.75 Å². The van der Waals surface area contributed by atoms with Crippen LogP contribution in [0.2, 0.25) is 0 Å². The first kappa shape index (κ1) is 19.1. The van der Waals surface area contributed by atoms with Crippen molar-refractivity contribution in [2.75, 3.05) is 26.3 Å². The van der Waals surface area contributed by atoms with Crippen LogP contribution in [0.1, 0.15) is 44.0 Å². The summed E-state index contributed by atoms with van der Waals surface area (Å²) < 4.78 is 10.5. The molecule has 138 valence electrons. The van der Waals surface area contributed by atoms with Crippen molar-refractivity contribution < 1.29 is 19.1 Å². The number of nitrogens with zero attached hydrogens (tertiary/aromatic N) is 1. The van der Waals surface area contributed by atoms with E-state index in [0.29, 0.717) is 37.8 Å². The number of likely N-dealkylation sites (tertiary alicyclic amines) is 1. The summed E-state index contributed by atoms with van der Waals surface area (Å²) in [6, 6.07) is 7.28. The minimum atomic E-state index is -0.370. The van der Waals surface area contributed by atoms with E-state index in [1.807, 2.05) is 37.8 Å². The smallest absolute Gasteiger partial charge is 0.407 e. The highest BCUT2D eigenvalue weighted by Crippen LogP contribution is 2.17. The van der Waals surface area contributed by atoms with Gasteiger partial charge in [0.25, 0.3) is 5.91 Å². The van der Waals surface area contributed by atoms with Gasteiger partial charge in [0.2, 0.25) is 0 Å². The predicted octanol–water partition coefficient (Wildman–Crippen LogP) is 3.07. The van der Waals surface area contributed by atoms with Crippen molar-refractivity contribution in [2.24, 2.45) is 5.92 Å². The van der Waals surface area contributed by atoms with Crippen molar-refractivity contribution in [1.82, 2.24) is 10.2 Å². The molecule has 1 fully saturated rings. The minimum Gasteiger partial charge on any atom is -0.494 e. The Kier molecular flexibility index (Phi) is 7.10. The summed E-state index contributed by atoms with van der Waals surface area (Å²) in [4.78, 5) is 26.1. The van der Waals surface area contributed by atoms with Crippen molar-refractivity contribution in [3.63, 3.8) is 0 Å². The third kappa shape index (κ3) is 5.96. The summed E-state index contributed by atoms with van der Waals surface area (Å²) in [5.74, 6) is 1.10. The summed E-state index contributed by atoms with van der Waals surface area (Å²) in [5, 5.41) is 2.88. The first-order chi connectivity index (χ1) is 12.0. The lowest BCUT2D eigenvalue weighted by Gasteiger charge is -2.32. The van der Waals surface area contributed by atoms with Crippen LogP contribution in [0.3, 0.4) is 0 Å². The molecular weight excluding hydrogens is 320 g/mol. The van der Waals surface area contributed by atoms with Gasteiger partial charge >= 0.3 is 6.09 Å². The molecule has 0 spiro atoms. The Hall–Kier alpha value is -2.24. The topological polar surface area (TPSA) is 67.9 Å². The van der Waals surface area contributed by atoms with E-state index in [1.54, 1.807) is 12.1 Å². The SMILES string of the molecule is CCOc1ccc(C(=O)N2CCC(NC(=O)OCC(C)C)CC2)cc1. The number of piperidine rings is 1. The highest BCUT2D eigenvalue weighted by molar-refractivity contribution is 5.94. The van der Waals surface area contributed by atoms with Gasteiger partial charge in [-0.2, -0.15) is 0 Å². The van der Waals surface area contributed by atoms with Crippen molar-refractivity contribution in [3.05, 3.63) is 29.8 Å². The second-order valence-electron chi connectivity index (χ2n) is 6.66. The lowest BCUT2D eigenvalue weighted by atomic mass is 10.0. The van der Waals surface area contributed by atoms with Crippen molar-refractivity contribution in [1.29, 1.82) is 0 Å². The summed E-state index contributed by atoms with van der Waals surface area (Å²) in [5.41, 5.74) is 0.659. The fourth-order valence-corrected chi connectivity index (χ4v) is 2.72. The second-order valence-corrected chi connectivity index (χ2v) is 6.66. The maximum Gasteiger partial charge on any atom is 0.407 e. The Labute approximate surface area is 149 Å². The lowest BCUT2D eigenvalue weighted by Crippen LogP contribution is -2.46. The summed E-state index contributed by atoms with van der Waals surface area (Å²) >= 11 is 0. The van der Waals surface area contributed by atoms with Gasteiger partial charge in [0.15, 0.2) is 0 Å². The quantitative estimate of drug-likeness (QED) is 0.858. The Balaban J connectivity index is 1.79. The molecule has 6 nitrogen and oxygen atoms in total. The molecule has 2 rings (SSSR count). The van der Waals surface area contributed by atoms with Crippen LogP contribution in [0.4, 0.5) is 4.79 Å². The number of carbonyl (C=O) groups is 2. The predicted molar refractivity (Wildman–Crippen MR) is 95.9 cm³/mol. The van der Waals surface area contributed by atoms with Crippen LogP contribution in [-0.4, -0.2) is 49.2 Å². The molecule has 1 N–H and O–H groups in total. The molecule has 1 heterocycles. The molecule has 2 amide bonds. The zero-order valence-electron chi connectivity index (χ0n) is 15.3. The van der Waals surface area contributed by atoms with Gasteiger partial charge in [-0.3, -0.25) is 4.79 Å². The molecule has 0 unspecified atom stereocenters. The first-order valence-electron chi connectivity index (χ1n) is 8.95. The van der Waals surface area contributed by atoms with Crippen LogP contribution in [0.25, 0.3) is 0 Å². The monoisotopic (exact) mass is 348 g/mol. The van der Waals surface area contributed by atoms with Crippen molar-refractivity contribution in [3.8, 4) is 5.75 Å². The summed E-state index contributed by atoms with van der Waals surface area (Å²) in [7, 11) is 0. The van der Waals surface area contributed by atoms with Gasteiger partial charge in [-0.25, -0.2) is 4.79 Å².